The average Bonchev–Trinajstić information content (AvgIpc) is 2.84. The molecule has 0 saturated carbocycles. The molecule has 96 valence electrons. The van der Waals surface area contributed by atoms with Crippen LogP contribution in [0, 0.1) is 5.82 Å². The van der Waals surface area contributed by atoms with Gasteiger partial charge in [0.25, 0.3) is 0 Å². The molecular formula is C10H14FN7. The zero-order chi connectivity index (χ0) is 13.0. The summed E-state index contributed by atoms with van der Waals surface area (Å²) < 4.78 is 15.2. The molecule has 1 atom stereocenters. The number of hydrogen-bond donors (Lipinski definition) is 3. The van der Waals surface area contributed by atoms with E-state index in [2.05, 4.69) is 25.8 Å². The van der Waals surface area contributed by atoms with Gasteiger partial charge in [0.15, 0.2) is 11.6 Å². The molecule has 4 N–H and O–H groups in total. The Morgan fingerprint density at radius 2 is 2.39 bits per heavy atom. The lowest BCUT2D eigenvalue weighted by molar-refractivity contribution is 0.551. The Hall–Kier alpha value is -2.22. The molecule has 1 unspecified atom stereocenters. The van der Waals surface area contributed by atoms with Crippen LogP contribution in [0.5, 0.6) is 0 Å². The predicted molar refractivity (Wildman–Crippen MR) is 65.1 cm³/mol. The van der Waals surface area contributed by atoms with Gasteiger partial charge in [-0.3, -0.25) is 10.1 Å². The van der Waals surface area contributed by atoms with Crippen LogP contribution in [0.3, 0.4) is 0 Å². The molecule has 0 spiro atoms. The third-order valence-electron chi connectivity index (χ3n) is 2.28. The lowest BCUT2D eigenvalue weighted by Crippen LogP contribution is -2.24. The Morgan fingerprint density at radius 1 is 1.56 bits per heavy atom. The second-order valence-electron chi connectivity index (χ2n) is 3.81. The van der Waals surface area contributed by atoms with Gasteiger partial charge in [0.05, 0.1) is 12.7 Å². The maximum atomic E-state index is 13.5. The fourth-order valence-corrected chi connectivity index (χ4v) is 1.51. The number of rotatable bonds is 5. The summed E-state index contributed by atoms with van der Waals surface area (Å²) in [6.07, 6.45) is 4.58. The molecule has 0 aromatic carbocycles. The van der Waals surface area contributed by atoms with Crippen molar-refractivity contribution < 1.29 is 4.39 Å². The molecule has 0 aliphatic heterocycles. The fourth-order valence-electron chi connectivity index (χ4n) is 1.51. The molecular weight excluding hydrogens is 237 g/mol. The second-order valence-corrected chi connectivity index (χ2v) is 3.81. The third-order valence-corrected chi connectivity index (χ3v) is 2.28. The molecule has 7 nitrogen and oxygen atoms in total. The summed E-state index contributed by atoms with van der Waals surface area (Å²) in [7, 11) is 0. The summed E-state index contributed by atoms with van der Waals surface area (Å²) in [6.45, 7) is 2.50. The van der Waals surface area contributed by atoms with Gasteiger partial charge in [0, 0.05) is 18.4 Å². The maximum Gasteiger partial charge on any atom is 0.239 e. The fraction of sp³-hybridized carbons (Fsp3) is 0.300. The zero-order valence-corrected chi connectivity index (χ0v) is 9.84. The van der Waals surface area contributed by atoms with Crippen LogP contribution in [-0.2, 0) is 6.54 Å². The lowest BCUT2D eigenvalue weighted by atomic mass is 10.3. The zero-order valence-electron chi connectivity index (χ0n) is 9.84. The normalized spacial score (nSPS) is 12.2. The van der Waals surface area contributed by atoms with E-state index in [1.165, 1.54) is 0 Å². The van der Waals surface area contributed by atoms with Gasteiger partial charge in [-0.1, -0.05) is 0 Å². The van der Waals surface area contributed by atoms with Crippen LogP contribution in [0.25, 0.3) is 0 Å². The Bertz CT molecular complexity index is 499. The van der Waals surface area contributed by atoms with E-state index in [4.69, 9.17) is 5.84 Å². The van der Waals surface area contributed by atoms with Crippen LogP contribution < -0.4 is 16.6 Å². The number of aromatic nitrogens is 4. The SMILES string of the molecule is CC(Cn1cccn1)Nc1nc(NN)ncc1F. The molecule has 0 aliphatic carbocycles. The van der Waals surface area contributed by atoms with Gasteiger partial charge in [-0.25, -0.2) is 15.2 Å². The van der Waals surface area contributed by atoms with Gasteiger partial charge in [-0.15, -0.1) is 0 Å². The summed E-state index contributed by atoms with van der Waals surface area (Å²) in [6, 6.07) is 1.79. The van der Waals surface area contributed by atoms with Crippen molar-refractivity contribution in [1.29, 1.82) is 0 Å². The number of nitrogens with one attached hydrogen (secondary N) is 2. The molecule has 2 rings (SSSR count). The van der Waals surface area contributed by atoms with Gasteiger partial charge in [-0.2, -0.15) is 10.1 Å². The van der Waals surface area contributed by atoms with Crippen molar-refractivity contribution in [2.75, 3.05) is 10.7 Å². The Kier molecular flexibility index (Phi) is 3.68. The van der Waals surface area contributed by atoms with Gasteiger partial charge >= 0.3 is 0 Å². The molecule has 18 heavy (non-hydrogen) atoms. The first-order chi connectivity index (χ1) is 8.69. The molecule has 0 bridgehead atoms. The van der Waals surface area contributed by atoms with Crippen molar-refractivity contribution in [3.63, 3.8) is 0 Å². The minimum absolute atomic E-state index is 0.0417. The molecule has 2 aromatic rings. The molecule has 2 heterocycles. The van der Waals surface area contributed by atoms with Crippen LogP contribution in [0.2, 0.25) is 0 Å². The quantitative estimate of drug-likeness (QED) is 0.532. The van der Waals surface area contributed by atoms with E-state index < -0.39 is 5.82 Å². The Labute approximate surface area is 103 Å². The van der Waals surface area contributed by atoms with E-state index in [1.807, 2.05) is 19.2 Å². The summed E-state index contributed by atoms with van der Waals surface area (Å²) in [4.78, 5) is 7.56. The minimum atomic E-state index is -0.527. The molecule has 8 heteroatoms. The summed E-state index contributed by atoms with van der Waals surface area (Å²) >= 11 is 0. The number of nitrogens with zero attached hydrogens (tertiary/aromatic N) is 4. The van der Waals surface area contributed by atoms with Crippen LogP contribution in [0.4, 0.5) is 16.2 Å². The minimum Gasteiger partial charge on any atom is -0.363 e. The number of halogens is 1. The van der Waals surface area contributed by atoms with E-state index in [-0.39, 0.29) is 17.8 Å². The van der Waals surface area contributed by atoms with E-state index >= 15 is 0 Å². The van der Waals surface area contributed by atoms with Crippen LogP contribution >= 0.6 is 0 Å². The first-order valence-corrected chi connectivity index (χ1v) is 5.42. The monoisotopic (exact) mass is 251 g/mol. The van der Waals surface area contributed by atoms with E-state index in [0.29, 0.717) is 6.54 Å². The third kappa shape index (κ3) is 2.92. The highest BCUT2D eigenvalue weighted by molar-refractivity contribution is 5.41. The average molecular weight is 251 g/mol. The highest BCUT2D eigenvalue weighted by atomic mass is 19.1. The molecule has 0 saturated heterocycles. The van der Waals surface area contributed by atoms with Gasteiger partial charge < -0.3 is 5.32 Å². The number of hydrazine groups is 1. The summed E-state index contributed by atoms with van der Waals surface area (Å²) in [5, 5.41) is 7.01. The molecule has 0 amide bonds. The van der Waals surface area contributed by atoms with Crippen molar-refractivity contribution in [3.8, 4) is 0 Å². The van der Waals surface area contributed by atoms with E-state index in [1.54, 1.807) is 10.9 Å². The van der Waals surface area contributed by atoms with Crippen LogP contribution in [-0.4, -0.2) is 25.8 Å². The number of nitrogen functional groups attached to an aromatic ring is 1. The number of anilines is 2. The predicted octanol–water partition coefficient (Wildman–Crippen LogP) is 0.598. The standard InChI is InChI=1S/C10H14FN7/c1-7(6-18-4-2-3-14-18)15-9-8(11)5-13-10(16-9)17-12/h2-5,7H,6,12H2,1H3,(H2,13,15,16,17). The van der Waals surface area contributed by atoms with Crippen molar-refractivity contribution in [2.45, 2.75) is 19.5 Å². The lowest BCUT2D eigenvalue weighted by Gasteiger charge is -2.15. The molecule has 2 aromatic heterocycles. The van der Waals surface area contributed by atoms with E-state index in [9.17, 15) is 4.39 Å². The van der Waals surface area contributed by atoms with Gasteiger partial charge in [-0.05, 0) is 13.0 Å². The number of nitrogens with two attached hydrogens (primary N) is 1. The molecule has 0 aliphatic rings. The smallest absolute Gasteiger partial charge is 0.239 e. The van der Waals surface area contributed by atoms with E-state index in [0.717, 1.165) is 6.20 Å². The van der Waals surface area contributed by atoms with Crippen molar-refractivity contribution in [2.24, 2.45) is 5.84 Å². The molecule has 0 fully saturated rings. The first kappa shape index (κ1) is 12.2. The highest BCUT2D eigenvalue weighted by Gasteiger charge is 2.10. The summed E-state index contributed by atoms with van der Waals surface area (Å²) in [5.41, 5.74) is 2.27. The largest absolute Gasteiger partial charge is 0.363 e. The Morgan fingerprint density at radius 3 is 3.06 bits per heavy atom. The first-order valence-electron chi connectivity index (χ1n) is 5.42. The number of hydrogen-bond acceptors (Lipinski definition) is 6. The molecule has 0 radical (unpaired) electrons. The second kappa shape index (κ2) is 5.41. The Balaban J connectivity index is 2.04. The van der Waals surface area contributed by atoms with Gasteiger partial charge in [0.2, 0.25) is 5.95 Å². The van der Waals surface area contributed by atoms with Crippen molar-refractivity contribution in [1.82, 2.24) is 19.7 Å². The highest BCUT2D eigenvalue weighted by Crippen LogP contribution is 2.12. The van der Waals surface area contributed by atoms with Crippen LogP contribution in [0.1, 0.15) is 6.92 Å². The van der Waals surface area contributed by atoms with Crippen molar-refractivity contribution in [3.05, 3.63) is 30.5 Å². The van der Waals surface area contributed by atoms with Crippen LogP contribution in [0.15, 0.2) is 24.7 Å². The van der Waals surface area contributed by atoms with Gasteiger partial charge in [0.1, 0.15) is 0 Å². The van der Waals surface area contributed by atoms with Crippen molar-refractivity contribution >= 4 is 11.8 Å². The summed E-state index contributed by atoms with van der Waals surface area (Å²) in [5.74, 6) is 4.91. The topological polar surface area (TPSA) is 93.7 Å². The maximum absolute atomic E-state index is 13.5.